The van der Waals surface area contributed by atoms with Crippen LogP contribution in [0.25, 0.3) is 6.08 Å². The number of nitrogens with one attached hydrogen (secondary N) is 2. The molecule has 0 bridgehead atoms. The smallest absolute Gasteiger partial charge is 0.248 e. The van der Waals surface area contributed by atoms with Crippen LogP contribution < -0.4 is 21.8 Å². The fourth-order valence-electron chi connectivity index (χ4n) is 4.32. The number of nitrogens with two attached hydrogens (primary N) is 1. The van der Waals surface area contributed by atoms with Gasteiger partial charge in [0.15, 0.2) is 0 Å². The van der Waals surface area contributed by atoms with Gasteiger partial charge in [0.05, 0.1) is 17.0 Å². The second-order valence-corrected chi connectivity index (χ2v) is 9.55. The van der Waals surface area contributed by atoms with Gasteiger partial charge in [-0.15, -0.1) is 0 Å². The van der Waals surface area contributed by atoms with Crippen LogP contribution in [-0.4, -0.2) is 48.4 Å². The van der Waals surface area contributed by atoms with Gasteiger partial charge in [0.2, 0.25) is 11.8 Å². The number of likely N-dealkylation sites (tertiary alicyclic amines) is 1. The number of amides is 2. The number of hydrogen-bond acceptors (Lipinski definition) is 5. The van der Waals surface area contributed by atoms with E-state index >= 15 is 0 Å². The average molecular weight is 482 g/mol. The molecule has 2 unspecified atom stereocenters. The Morgan fingerprint density at radius 2 is 1.75 bits per heavy atom. The Hall–Kier alpha value is -3.88. The number of aliphatic hydroxyl groups is 1. The van der Waals surface area contributed by atoms with Crippen molar-refractivity contribution in [1.82, 2.24) is 4.90 Å². The largest absolute Gasteiger partial charge is 0.397 e. The molecule has 0 radical (unpaired) electrons. The number of β-amino-alcohol motifs (C(OH)–C–C–N with tert-alkyl or cyclic N) is 1. The highest BCUT2D eigenvalue weighted by atomic mass is 16.3. The second-order valence-electron chi connectivity index (χ2n) is 9.55. The number of anilines is 3. The molecule has 1 aliphatic rings. The summed E-state index contributed by atoms with van der Waals surface area (Å²) in [6.07, 6.45) is 3.75. The molecular weight excluding hydrogens is 451 g/mol. The number of nitrogens with zero attached hydrogens (tertiary/aromatic N) is 1. The third kappa shape index (κ3) is 6.41. The first-order chi connectivity index (χ1) is 17.2. The van der Waals surface area contributed by atoms with E-state index in [0.717, 1.165) is 22.3 Å². The first kappa shape index (κ1) is 25.2. The van der Waals surface area contributed by atoms with Gasteiger partial charge in [-0.1, -0.05) is 54.0 Å². The molecule has 2 atom stereocenters. The Morgan fingerprint density at radius 1 is 1.06 bits per heavy atom. The maximum absolute atomic E-state index is 13.4. The minimum atomic E-state index is -0.833. The molecule has 0 saturated carbocycles. The number of hydrogen-bond donors (Lipinski definition) is 4. The molecule has 1 fully saturated rings. The summed E-state index contributed by atoms with van der Waals surface area (Å²) in [4.78, 5) is 27.7. The van der Waals surface area contributed by atoms with Gasteiger partial charge in [-0.05, 0) is 54.8 Å². The number of carbonyl (C=O) groups is 2. The van der Waals surface area contributed by atoms with Crippen LogP contribution in [-0.2, 0) is 9.59 Å². The molecule has 3 aromatic rings. The van der Waals surface area contributed by atoms with Crippen molar-refractivity contribution in [3.63, 3.8) is 0 Å². The second kappa shape index (κ2) is 10.8. The molecule has 1 saturated heterocycles. The zero-order valence-electron chi connectivity index (χ0n) is 20.6. The summed E-state index contributed by atoms with van der Waals surface area (Å²) >= 11 is 0. The Kier molecular flexibility index (Phi) is 7.57. The molecule has 3 aromatic carbocycles. The molecule has 2 amide bonds. The van der Waals surface area contributed by atoms with E-state index in [2.05, 4.69) is 10.6 Å². The first-order valence-corrected chi connectivity index (χ1v) is 12.0. The molecule has 0 aromatic heterocycles. The van der Waals surface area contributed by atoms with E-state index in [1.54, 1.807) is 37.3 Å². The molecule has 0 aliphatic carbocycles. The van der Waals surface area contributed by atoms with Crippen molar-refractivity contribution in [3.8, 4) is 0 Å². The van der Waals surface area contributed by atoms with Crippen molar-refractivity contribution >= 4 is 48.3 Å². The minimum absolute atomic E-state index is 0.153. The number of carbonyl (C=O) groups excluding carboxylic acids is 2. The SMILES string of the molecule is Bc1ccc(NC(=O)C(c2ccc(/C=C/C(=O)Nc3ccccc3N)cc2)N2CCC(C)(O)C2)cc1. The van der Waals surface area contributed by atoms with Crippen LogP contribution in [0, 0.1) is 0 Å². The normalized spacial score (nSPS) is 18.7. The predicted octanol–water partition coefficient (Wildman–Crippen LogP) is 2.32. The molecule has 0 spiro atoms. The lowest BCUT2D eigenvalue weighted by molar-refractivity contribution is -0.121. The number of nitrogen functional groups attached to an aromatic ring is 1. The van der Waals surface area contributed by atoms with Crippen molar-refractivity contribution in [3.05, 3.63) is 90.0 Å². The Bertz CT molecular complexity index is 1260. The highest BCUT2D eigenvalue weighted by Crippen LogP contribution is 2.31. The third-order valence-corrected chi connectivity index (χ3v) is 6.31. The average Bonchev–Trinajstić information content (AvgIpc) is 3.20. The molecule has 5 N–H and O–H groups in total. The van der Waals surface area contributed by atoms with Crippen LogP contribution in [0.4, 0.5) is 17.1 Å². The van der Waals surface area contributed by atoms with Crippen LogP contribution in [0.3, 0.4) is 0 Å². The van der Waals surface area contributed by atoms with E-state index in [1.165, 1.54) is 6.08 Å². The molecule has 8 heteroatoms. The minimum Gasteiger partial charge on any atom is -0.397 e. The van der Waals surface area contributed by atoms with Gasteiger partial charge < -0.3 is 21.5 Å². The molecule has 1 heterocycles. The fourth-order valence-corrected chi connectivity index (χ4v) is 4.32. The van der Waals surface area contributed by atoms with E-state index < -0.39 is 11.6 Å². The van der Waals surface area contributed by atoms with Gasteiger partial charge in [0, 0.05) is 24.9 Å². The van der Waals surface area contributed by atoms with Crippen LogP contribution >= 0.6 is 0 Å². The van der Waals surface area contributed by atoms with Gasteiger partial charge in [0.25, 0.3) is 0 Å². The van der Waals surface area contributed by atoms with Gasteiger partial charge in [-0.3, -0.25) is 14.5 Å². The van der Waals surface area contributed by atoms with Crippen molar-refractivity contribution in [2.75, 3.05) is 29.5 Å². The standard InChI is InChI=1S/C28H31BN4O3/c1-28(36)16-17-33(18-28)26(27(35)31-22-13-11-21(29)12-14-22)20-9-6-19(7-10-20)8-15-25(34)32-24-5-3-2-4-23(24)30/h2-15,26,36H,16-18,29-30H2,1H3,(H,31,35)(H,32,34)/b15-8+. The van der Waals surface area contributed by atoms with Crippen molar-refractivity contribution in [1.29, 1.82) is 0 Å². The topological polar surface area (TPSA) is 108 Å². The van der Waals surface area contributed by atoms with Gasteiger partial charge in [-0.25, -0.2) is 0 Å². The van der Waals surface area contributed by atoms with Crippen molar-refractivity contribution < 1.29 is 14.7 Å². The summed E-state index contributed by atoms with van der Waals surface area (Å²) in [6, 6.07) is 21.7. The van der Waals surface area contributed by atoms with Gasteiger partial charge in [0.1, 0.15) is 13.9 Å². The van der Waals surface area contributed by atoms with Crippen LogP contribution in [0.1, 0.15) is 30.5 Å². The van der Waals surface area contributed by atoms with E-state index in [9.17, 15) is 14.7 Å². The predicted molar refractivity (Wildman–Crippen MR) is 148 cm³/mol. The van der Waals surface area contributed by atoms with E-state index in [4.69, 9.17) is 5.73 Å². The Labute approximate surface area is 212 Å². The molecule has 36 heavy (non-hydrogen) atoms. The molecular formula is C28H31BN4O3. The summed E-state index contributed by atoms with van der Waals surface area (Å²) in [6.45, 7) is 2.82. The highest BCUT2D eigenvalue weighted by molar-refractivity contribution is 6.32. The van der Waals surface area contributed by atoms with Gasteiger partial charge in [-0.2, -0.15) is 0 Å². The lowest BCUT2D eigenvalue weighted by Crippen LogP contribution is -2.38. The number of benzene rings is 3. The lowest BCUT2D eigenvalue weighted by Gasteiger charge is -2.28. The maximum Gasteiger partial charge on any atom is 0.248 e. The zero-order chi connectivity index (χ0) is 25.7. The van der Waals surface area contributed by atoms with Crippen LogP contribution in [0.15, 0.2) is 78.9 Å². The molecule has 184 valence electrons. The van der Waals surface area contributed by atoms with E-state index in [1.807, 2.05) is 61.3 Å². The first-order valence-electron chi connectivity index (χ1n) is 12.0. The fraction of sp³-hybridized carbons (Fsp3) is 0.214. The molecule has 4 rings (SSSR count). The Balaban J connectivity index is 1.49. The summed E-state index contributed by atoms with van der Waals surface area (Å²) in [5.74, 6) is -0.439. The van der Waals surface area contributed by atoms with Gasteiger partial charge >= 0.3 is 0 Å². The highest BCUT2D eigenvalue weighted by Gasteiger charge is 2.38. The number of para-hydroxylation sites is 2. The monoisotopic (exact) mass is 482 g/mol. The van der Waals surface area contributed by atoms with Crippen molar-refractivity contribution in [2.24, 2.45) is 0 Å². The molecule has 1 aliphatic heterocycles. The summed E-state index contributed by atoms with van der Waals surface area (Å²) < 4.78 is 0. The van der Waals surface area contributed by atoms with Crippen LogP contribution in [0.5, 0.6) is 0 Å². The van der Waals surface area contributed by atoms with E-state index in [-0.39, 0.29) is 11.8 Å². The van der Waals surface area contributed by atoms with Crippen LogP contribution in [0.2, 0.25) is 0 Å². The zero-order valence-corrected chi connectivity index (χ0v) is 20.6. The van der Waals surface area contributed by atoms with Crippen molar-refractivity contribution in [2.45, 2.75) is 25.0 Å². The number of rotatable bonds is 7. The maximum atomic E-state index is 13.4. The summed E-state index contributed by atoms with van der Waals surface area (Å²) in [5.41, 5.74) is 9.59. The summed E-state index contributed by atoms with van der Waals surface area (Å²) in [7, 11) is 2.00. The lowest BCUT2D eigenvalue weighted by atomic mass is 9.96. The third-order valence-electron chi connectivity index (χ3n) is 6.31. The quantitative estimate of drug-likeness (QED) is 0.235. The molecule has 7 nitrogen and oxygen atoms in total. The Morgan fingerprint density at radius 3 is 2.39 bits per heavy atom. The summed E-state index contributed by atoms with van der Waals surface area (Å²) in [5, 5.41) is 16.3. The van der Waals surface area contributed by atoms with E-state index in [0.29, 0.717) is 30.9 Å².